The number of amides is 1. The van der Waals surface area contributed by atoms with Gasteiger partial charge in [0.05, 0.1) is 17.0 Å². The van der Waals surface area contributed by atoms with Crippen molar-refractivity contribution in [3.63, 3.8) is 0 Å². The fraction of sp³-hybridized carbons (Fsp3) is 0.529. The average molecular weight is 658 g/mol. The van der Waals surface area contributed by atoms with Crippen molar-refractivity contribution in [2.24, 2.45) is 0 Å². The van der Waals surface area contributed by atoms with Crippen molar-refractivity contribution < 1.29 is 27.5 Å². The molecule has 3 aromatic rings. The summed E-state index contributed by atoms with van der Waals surface area (Å²) < 4.78 is 54.8. The van der Waals surface area contributed by atoms with Crippen LogP contribution < -0.4 is 5.32 Å². The Morgan fingerprint density at radius 2 is 1.76 bits per heavy atom. The highest BCUT2D eigenvalue weighted by atomic mass is 28.4. The van der Waals surface area contributed by atoms with Gasteiger partial charge in [0.15, 0.2) is 14.0 Å². The van der Waals surface area contributed by atoms with Crippen LogP contribution in [0.4, 0.5) is 23.8 Å². The Kier molecular flexibility index (Phi) is 10.2. The number of nitrogens with zero attached hydrogens (tertiary/aromatic N) is 4. The van der Waals surface area contributed by atoms with Gasteiger partial charge in [0.25, 0.3) is 0 Å². The summed E-state index contributed by atoms with van der Waals surface area (Å²) in [6, 6.07) is 7.36. The van der Waals surface area contributed by atoms with Gasteiger partial charge in [-0.2, -0.15) is 8.78 Å². The van der Waals surface area contributed by atoms with Crippen LogP contribution in [0.1, 0.15) is 89.1 Å². The number of aromatic nitrogens is 3. The zero-order chi connectivity index (χ0) is 34.2. The first kappa shape index (κ1) is 35.3. The van der Waals surface area contributed by atoms with Crippen LogP contribution >= 0.6 is 0 Å². The number of fused-ring (bicyclic) bond motifs is 1. The molecule has 1 amide bonds. The third-order valence-electron chi connectivity index (χ3n) is 9.51. The molecule has 1 aromatic carbocycles. The van der Waals surface area contributed by atoms with E-state index in [4.69, 9.17) is 9.41 Å². The molecule has 0 saturated heterocycles. The number of alkyl halides is 2. The average Bonchev–Trinajstić information content (AvgIpc) is 2.99. The van der Waals surface area contributed by atoms with Gasteiger partial charge >= 0.3 is 12.0 Å². The Bertz CT molecular complexity index is 1650. The summed E-state index contributed by atoms with van der Waals surface area (Å²) >= 11 is 0. The van der Waals surface area contributed by atoms with Crippen molar-refractivity contribution in [1.29, 1.82) is 0 Å². The highest BCUT2D eigenvalue weighted by molar-refractivity contribution is 6.73. The molecule has 12 heteroatoms. The Balaban J connectivity index is 1.72. The maximum absolute atomic E-state index is 16.2. The molecule has 1 unspecified atom stereocenters. The SMILES string of the molecule is CC[Si](CC)(CC)OC(C)(C)C(F)(F)c1cccc(C(C)Nc2nc(C)nc3nc(C)c(C4=C(C)CN(C(=O)O)CC4)cc23)c1F. The maximum Gasteiger partial charge on any atom is 0.407 e. The van der Waals surface area contributed by atoms with E-state index in [-0.39, 0.29) is 5.56 Å². The Hall–Kier alpha value is -3.51. The number of rotatable bonds is 11. The molecule has 1 aliphatic rings. The van der Waals surface area contributed by atoms with Crippen LogP contribution in [-0.2, 0) is 10.3 Å². The van der Waals surface area contributed by atoms with E-state index in [2.05, 4.69) is 15.3 Å². The van der Waals surface area contributed by atoms with Crippen LogP contribution in [0, 0.1) is 19.7 Å². The number of benzene rings is 1. The normalized spacial score (nSPS) is 15.4. The lowest BCUT2D eigenvalue weighted by Gasteiger charge is -2.42. The van der Waals surface area contributed by atoms with Gasteiger partial charge in [0.1, 0.15) is 23.1 Å². The third-order valence-corrected chi connectivity index (χ3v) is 14.3. The summed E-state index contributed by atoms with van der Waals surface area (Å²) in [7, 11) is -2.43. The van der Waals surface area contributed by atoms with Gasteiger partial charge in [0.2, 0.25) is 0 Å². The number of pyridine rings is 1. The van der Waals surface area contributed by atoms with Crippen molar-refractivity contribution in [2.45, 2.75) is 104 Å². The van der Waals surface area contributed by atoms with Crippen molar-refractivity contribution in [1.82, 2.24) is 19.9 Å². The van der Waals surface area contributed by atoms with Gasteiger partial charge in [0, 0.05) is 24.3 Å². The topological polar surface area (TPSA) is 100 Å². The molecule has 250 valence electrons. The van der Waals surface area contributed by atoms with Crippen molar-refractivity contribution in [2.75, 3.05) is 18.4 Å². The minimum atomic E-state index is -3.60. The number of carbonyl (C=O) groups is 1. The minimum Gasteiger partial charge on any atom is -0.465 e. The highest BCUT2D eigenvalue weighted by Crippen LogP contribution is 2.46. The van der Waals surface area contributed by atoms with E-state index in [1.165, 1.54) is 30.9 Å². The molecule has 4 rings (SSSR count). The number of hydrogen-bond donors (Lipinski definition) is 2. The molecule has 0 bridgehead atoms. The number of nitrogens with one attached hydrogen (secondary N) is 1. The number of anilines is 1. The first-order valence-corrected chi connectivity index (χ1v) is 18.5. The first-order valence-electron chi connectivity index (χ1n) is 16.0. The summed E-state index contributed by atoms with van der Waals surface area (Å²) in [4.78, 5) is 26.7. The molecular weight excluding hydrogens is 611 g/mol. The molecule has 2 aromatic heterocycles. The standard InChI is InChI=1S/C34H46F3N5O3Si/c1-10-46(11-2,12-3)45-33(8,9)34(36,37)28-15-13-14-25(29(28)35)21(5)38-30-27-18-26(22(6)39-31(27)41-23(7)40-30)24-16-17-42(32(43)44)19-20(24)4/h13-15,18,21H,10-12,16-17,19H2,1-9H3,(H,43,44)(H,38,39,40,41). The maximum atomic E-state index is 16.2. The van der Waals surface area contributed by atoms with Crippen LogP contribution in [0.25, 0.3) is 16.6 Å². The molecule has 8 nitrogen and oxygen atoms in total. The molecule has 0 radical (unpaired) electrons. The molecule has 0 spiro atoms. The highest BCUT2D eigenvalue weighted by Gasteiger charge is 2.54. The first-order chi connectivity index (χ1) is 21.5. The summed E-state index contributed by atoms with van der Waals surface area (Å²) in [5.74, 6) is -3.74. The third kappa shape index (κ3) is 6.64. The lowest BCUT2D eigenvalue weighted by molar-refractivity contribution is -0.161. The van der Waals surface area contributed by atoms with Crippen molar-refractivity contribution in [3.05, 3.63) is 63.9 Å². The number of aryl methyl sites for hydroxylation is 2. The molecule has 1 atom stereocenters. The van der Waals surface area contributed by atoms with Gasteiger partial charge in [-0.05, 0) is 94.9 Å². The molecule has 0 saturated carbocycles. The fourth-order valence-corrected chi connectivity index (χ4v) is 9.57. The van der Waals surface area contributed by atoms with Crippen molar-refractivity contribution >= 4 is 36.8 Å². The zero-order valence-electron chi connectivity index (χ0n) is 28.3. The Labute approximate surface area is 270 Å². The predicted octanol–water partition coefficient (Wildman–Crippen LogP) is 9.00. The van der Waals surface area contributed by atoms with E-state index >= 15 is 13.2 Å². The zero-order valence-corrected chi connectivity index (χ0v) is 29.3. The molecule has 1 aliphatic heterocycles. The molecule has 0 aliphatic carbocycles. The lowest BCUT2D eigenvalue weighted by Crippen LogP contribution is -2.52. The van der Waals surface area contributed by atoms with E-state index in [9.17, 15) is 9.90 Å². The summed E-state index contributed by atoms with van der Waals surface area (Å²) in [5, 5.41) is 13.3. The predicted molar refractivity (Wildman–Crippen MR) is 178 cm³/mol. The van der Waals surface area contributed by atoms with Crippen LogP contribution in [0.3, 0.4) is 0 Å². The number of carboxylic acid groups (broad SMARTS) is 1. The van der Waals surface area contributed by atoms with Gasteiger partial charge in [-0.15, -0.1) is 0 Å². The van der Waals surface area contributed by atoms with Crippen LogP contribution in [0.15, 0.2) is 29.8 Å². The summed E-state index contributed by atoms with van der Waals surface area (Å²) in [5.41, 5.74) is 1.45. The van der Waals surface area contributed by atoms with Crippen molar-refractivity contribution in [3.8, 4) is 0 Å². The molecule has 46 heavy (non-hydrogen) atoms. The van der Waals surface area contributed by atoms with E-state index in [0.29, 0.717) is 60.3 Å². The quantitative estimate of drug-likeness (QED) is 0.199. The summed E-state index contributed by atoms with van der Waals surface area (Å²) in [6.45, 7) is 16.5. The Morgan fingerprint density at radius 1 is 1.11 bits per heavy atom. The van der Waals surface area contributed by atoms with Crippen LogP contribution in [0.5, 0.6) is 0 Å². The van der Waals surface area contributed by atoms with Crippen LogP contribution in [-0.4, -0.2) is 58.1 Å². The second-order valence-corrected chi connectivity index (χ2v) is 17.5. The second kappa shape index (κ2) is 13.3. The molecule has 0 fully saturated rings. The van der Waals surface area contributed by atoms with Gasteiger partial charge in [-0.1, -0.05) is 32.9 Å². The van der Waals surface area contributed by atoms with Crippen LogP contribution in [0.2, 0.25) is 18.1 Å². The van der Waals surface area contributed by atoms with Gasteiger partial charge in [-0.25, -0.2) is 24.1 Å². The molecule has 2 N–H and O–H groups in total. The van der Waals surface area contributed by atoms with Gasteiger partial charge in [-0.3, -0.25) is 0 Å². The monoisotopic (exact) mass is 657 g/mol. The van der Waals surface area contributed by atoms with E-state index < -0.39 is 43.4 Å². The van der Waals surface area contributed by atoms with Gasteiger partial charge < -0.3 is 19.7 Å². The molecule has 3 heterocycles. The number of hydrogen-bond acceptors (Lipinski definition) is 6. The van der Waals surface area contributed by atoms with E-state index in [0.717, 1.165) is 28.5 Å². The molecular formula is C34H46F3N5O3Si. The second-order valence-electron chi connectivity index (χ2n) is 12.8. The Morgan fingerprint density at radius 3 is 2.35 bits per heavy atom. The van der Waals surface area contributed by atoms with E-state index in [1.807, 2.05) is 40.7 Å². The number of halogens is 3. The summed E-state index contributed by atoms with van der Waals surface area (Å²) in [6.07, 6.45) is -0.429. The lowest BCUT2D eigenvalue weighted by atomic mass is 9.90. The minimum absolute atomic E-state index is 0.0715. The fourth-order valence-electron chi connectivity index (χ4n) is 6.42. The van der Waals surface area contributed by atoms with E-state index in [1.54, 1.807) is 13.8 Å². The largest absolute Gasteiger partial charge is 0.465 e. The smallest absolute Gasteiger partial charge is 0.407 e.